The maximum absolute atomic E-state index is 9.00. The third-order valence-corrected chi connectivity index (χ3v) is 2.20. The second kappa shape index (κ2) is 2.88. The van der Waals surface area contributed by atoms with Crippen LogP contribution in [0, 0.1) is 0 Å². The zero-order valence-corrected chi connectivity index (χ0v) is 7.80. The number of benzene rings is 1. The van der Waals surface area contributed by atoms with Gasteiger partial charge in [0.15, 0.2) is 0 Å². The van der Waals surface area contributed by atoms with Crippen molar-refractivity contribution in [1.29, 1.82) is 0 Å². The van der Waals surface area contributed by atoms with Crippen molar-refractivity contribution in [2.24, 2.45) is 0 Å². The lowest BCUT2D eigenvalue weighted by molar-refractivity contribution is 0.283. The van der Waals surface area contributed by atoms with Gasteiger partial charge >= 0.3 is 0 Å². The standard InChI is InChI=1S/C8H7BrN2O/c9-6-1-5(3-12)8-7(2-6)10-4-11-8/h1-2,4,12H,3H2,(H,10,11). The van der Waals surface area contributed by atoms with Crippen LogP contribution in [0.25, 0.3) is 11.0 Å². The predicted octanol–water partition coefficient (Wildman–Crippen LogP) is 1.82. The van der Waals surface area contributed by atoms with Crippen LogP contribution in [0.3, 0.4) is 0 Å². The molecule has 4 heteroatoms. The van der Waals surface area contributed by atoms with E-state index in [4.69, 9.17) is 5.11 Å². The fraction of sp³-hybridized carbons (Fsp3) is 0.125. The average Bonchev–Trinajstić information content (AvgIpc) is 2.50. The fourth-order valence-corrected chi connectivity index (χ4v) is 1.71. The van der Waals surface area contributed by atoms with Gasteiger partial charge in [0.2, 0.25) is 0 Å². The van der Waals surface area contributed by atoms with Gasteiger partial charge in [0.25, 0.3) is 0 Å². The molecule has 2 N–H and O–H groups in total. The SMILES string of the molecule is OCc1cc(Br)cc2[nH]cnc12. The van der Waals surface area contributed by atoms with Crippen LogP contribution < -0.4 is 0 Å². The molecule has 1 aromatic carbocycles. The van der Waals surface area contributed by atoms with Gasteiger partial charge in [0, 0.05) is 10.0 Å². The van der Waals surface area contributed by atoms with Gasteiger partial charge in [-0.25, -0.2) is 4.98 Å². The van der Waals surface area contributed by atoms with Gasteiger partial charge in [-0.2, -0.15) is 0 Å². The molecular weight excluding hydrogens is 220 g/mol. The highest BCUT2D eigenvalue weighted by molar-refractivity contribution is 9.10. The number of H-pyrrole nitrogens is 1. The Balaban J connectivity index is 2.80. The van der Waals surface area contributed by atoms with E-state index in [1.54, 1.807) is 6.33 Å². The summed E-state index contributed by atoms with van der Waals surface area (Å²) in [7, 11) is 0. The first-order valence-electron chi connectivity index (χ1n) is 3.53. The lowest BCUT2D eigenvalue weighted by atomic mass is 10.2. The first-order chi connectivity index (χ1) is 5.81. The van der Waals surface area contributed by atoms with Crippen LogP contribution in [0.4, 0.5) is 0 Å². The van der Waals surface area contributed by atoms with Crippen LogP contribution in [0.5, 0.6) is 0 Å². The summed E-state index contributed by atoms with van der Waals surface area (Å²) in [6.45, 7) is 0.0147. The lowest BCUT2D eigenvalue weighted by Gasteiger charge is -1.98. The van der Waals surface area contributed by atoms with E-state index in [1.807, 2.05) is 12.1 Å². The Hall–Kier alpha value is -0.870. The summed E-state index contributed by atoms with van der Waals surface area (Å²) in [6.07, 6.45) is 1.62. The van der Waals surface area contributed by atoms with Crippen molar-refractivity contribution in [2.45, 2.75) is 6.61 Å². The fourth-order valence-electron chi connectivity index (χ4n) is 1.21. The Bertz CT molecular complexity index is 410. The minimum absolute atomic E-state index is 0.0147. The molecule has 0 fully saturated rings. The van der Waals surface area contributed by atoms with Crippen molar-refractivity contribution in [3.05, 3.63) is 28.5 Å². The molecule has 1 heterocycles. The minimum atomic E-state index is 0.0147. The molecular formula is C8H7BrN2O. The van der Waals surface area contributed by atoms with Gasteiger partial charge in [-0.3, -0.25) is 0 Å². The molecule has 12 heavy (non-hydrogen) atoms. The third-order valence-electron chi connectivity index (χ3n) is 1.74. The molecule has 2 rings (SSSR count). The Kier molecular flexibility index (Phi) is 1.86. The molecule has 3 nitrogen and oxygen atoms in total. The molecule has 0 radical (unpaired) electrons. The molecule has 0 spiro atoms. The molecule has 0 amide bonds. The molecule has 62 valence electrons. The molecule has 1 aromatic heterocycles. The van der Waals surface area contributed by atoms with Gasteiger partial charge in [-0.05, 0) is 12.1 Å². The van der Waals surface area contributed by atoms with E-state index in [-0.39, 0.29) is 6.61 Å². The number of aromatic amines is 1. The molecule has 0 unspecified atom stereocenters. The first-order valence-corrected chi connectivity index (χ1v) is 4.33. The Morgan fingerprint density at radius 2 is 2.33 bits per heavy atom. The summed E-state index contributed by atoms with van der Waals surface area (Å²) in [5.74, 6) is 0. The Morgan fingerprint density at radius 1 is 1.50 bits per heavy atom. The van der Waals surface area contributed by atoms with Crippen molar-refractivity contribution in [2.75, 3.05) is 0 Å². The molecule has 0 saturated heterocycles. The zero-order valence-electron chi connectivity index (χ0n) is 6.21. The summed E-state index contributed by atoms with van der Waals surface area (Å²) in [5, 5.41) is 9.00. The number of rotatable bonds is 1. The van der Waals surface area contributed by atoms with Crippen molar-refractivity contribution in [3.8, 4) is 0 Å². The van der Waals surface area contributed by atoms with E-state index >= 15 is 0 Å². The first kappa shape index (κ1) is 7.76. The van der Waals surface area contributed by atoms with Gasteiger partial charge in [0.05, 0.1) is 24.0 Å². The van der Waals surface area contributed by atoms with Crippen LogP contribution in [-0.4, -0.2) is 15.1 Å². The highest BCUT2D eigenvalue weighted by Crippen LogP contribution is 2.21. The van der Waals surface area contributed by atoms with Crippen LogP contribution in [-0.2, 0) is 6.61 Å². The van der Waals surface area contributed by atoms with E-state index in [1.165, 1.54) is 0 Å². The summed E-state index contributed by atoms with van der Waals surface area (Å²) in [5.41, 5.74) is 2.61. The van der Waals surface area contributed by atoms with Crippen LogP contribution >= 0.6 is 15.9 Å². The van der Waals surface area contributed by atoms with E-state index in [0.29, 0.717) is 0 Å². The normalized spacial score (nSPS) is 10.8. The number of fused-ring (bicyclic) bond motifs is 1. The van der Waals surface area contributed by atoms with Crippen molar-refractivity contribution >= 4 is 27.0 Å². The Labute approximate surface area is 77.6 Å². The molecule has 2 aromatic rings. The highest BCUT2D eigenvalue weighted by atomic mass is 79.9. The average molecular weight is 227 g/mol. The minimum Gasteiger partial charge on any atom is -0.392 e. The number of halogens is 1. The number of imidazole rings is 1. The van der Waals surface area contributed by atoms with Gasteiger partial charge in [-0.1, -0.05) is 15.9 Å². The third kappa shape index (κ3) is 1.13. The summed E-state index contributed by atoms with van der Waals surface area (Å²) < 4.78 is 0.948. The number of nitrogens with zero attached hydrogens (tertiary/aromatic N) is 1. The number of hydrogen-bond donors (Lipinski definition) is 2. The number of nitrogens with one attached hydrogen (secondary N) is 1. The maximum atomic E-state index is 9.00. The second-order valence-electron chi connectivity index (χ2n) is 2.52. The van der Waals surface area contributed by atoms with Crippen molar-refractivity contribution in [1.82, 2.24) is 9.97 Å². The zero-order chi connectivity index (χ0) is 8.55. The summed E-state index contributed by atoms with van der Waals surface area (Å²) >= 11 is 3.35. The lowest BCUT2D eigenvalue weighted by Crippen LogP contribution is -1.85. The van der Waals surface area contributed by atoms with Crippen molar-refractivity contribution < 1.29 is 5.11 Å². The number of aliphatic hydroxyl groups excluding tert-OH is 1. The number of aliphatic hydroxyl groups is 1. The van der Waals surface area contributed by atoms with E-state index in [2.05, 4.69) is 25.9 Å². The van der Waals surface area contributed by atoms with Crippen LogP contribution in [0.2, 0.25) is 0 Å². The van der Waals surface area contributed by atoms with Crippen molar-refractivity contribution in [3.63, 3.8) is 0 Å². The second-order valence-corrected chi connectivity index (χ2v) is 3.44. The van der Waals surface area contributed by atoms with Gasteiger partial charge < -0.3 is 10.1 Å². The largest absolute Gasteiger partial charge is 0.392 e. The molecule has 0 aliphatic heterocycles. The topological polar surface area (TPSA) is 48.9 Å². The van der Waals surface area contributed by atoms with Gasteiger partial charge in [0.1, 0.15) is 0 Å². The number of aromatic nitrogens is 2. The van der Waals surface area contributed by atoms with Crippen LogP contribution in [0.15, 0.2) is 22.9 Å². The molecule has 0 atom stereocenters. The van der Waals surface area contributed by atoms with E-state index in [0.717, 1.165) is 21.1 Å². The summed E-state index contributed by atoms with van der Waals surface area (Å²) in [4.78, 5) is 7.08. The quantitative estimate of drug-likeness (QED) is 0.780. The Morgan fingerprint density at radius 3 is 3.08 bits per heavy atom. The van der Waals surface area contributed by atoms with E-state index < -0.39 is 0 Å². The van der Waals surface area contributed by atoms with Gasteiger partial charge in [-0.15, -0.1) is 0 Å². The highest BCUT2D eigenvalue weighted by Gasteiger charge is 2.03. The van der Waals surface area contributed by atoms with E-state index in [9.17, 15) is 0 Å². The van der Waals surface area contributed by atoms with Crippen LogP contribution in [0.1, 0.15) is 5.56 Å². The molecule has 0 saturated carbocycles. The molecule has 0 bridgehead atoms. The smallest absolute Gasteiger partial charge is 0.0938 e. The predicted molar refractivity (Wildman–Crippen MR) is 49.7 cm³/mol. The maximum Gasteiger partial charge on any atom is 0.0938 e. The monoisotopic (exact) mass is 226 g/mol. The molecule has 0 aliphatic carbocycles. The summed E-state index contributed by atoms with van der Waals surface area (Å²) in [6, 6.07) is 3.80. The number of hydrogen-bond acceptors (Lipinski definition) is 2. The molecule has 0 aliphatic rings.